The number of aromatic amines is 1. The highest BCUT2D eigenvalue weighted by Crippen LogP contribution is 2.33. The van der Waals surface area contributed by atoms with Gasteiger partial charge in [-0.25, -0.2) is 8.42 Å². The Morgan fingerprint density at radius 1 is 1.48 bits per heavy atom. The van der Waals surface area contributed by atoms with Crippen LogP contribution in [0.3, 0.4) is 0 Å². The number of rotatable bonds is 2. The number of aromatic nitrogens is 2. The number of benzene rings is 1. The molecule has 0 amide bonds. The van der Waals surface area contributed by atoms with Crippen molar-refractivity contribution in [2.45, 2.75) is 38.3 Å². The molecular weight excluding hydrogens is 354 g/mol. The van der Waals surface area contributed by atoms with Gasteiger partial charge in [-0.15, -0.1) is 0 Å². The van der Waals surface area contributed by atoms with Gasteiger partial charge < -0.3 is 9.55 Å². The van der Waals surface area contributed by atoms with Gasteiger partial charge in [-0.3, -0.25) is 0 Å². The van der Waals surface area contributed by atoms with Crippen LogP contribution >= 0.6 is 23.8 Å². The SMILES string of the molecule is CC(C)=CCN1C(C)Cn2c(=S)[nH]c3cc(Cl)cc(c32)S1(=O)=O. The first-order chi connectivity index (χ1) is 10.7. The van der Waals surface area contributed by atoms with E-state index in [0.29, 0.717) is 33.9 Å². The summed E-state index contributed by atoms with van der Waals surface area (Å²) in [6.45, 7) is 6.63. The number of nitrogens with one attached hydrogen (secondary N) is 1. The van der Waals surface area contributed by atoms with E-state index < -0.39 is 10.0 Å². The fourth-order valence-corrected chi connectivity index (χ4v) is 5.24. The summed E-state index contributed by atoms with van der Waals surface area (Å²) in [4.78, 5) is 3.26. The molecule has 0 saturated carbocycles. The molecule has 1 aromatic heterocycles. The Morgan fingerprint density at radius 2 is 2.17 bits per heavy atom. The fourth-order valence-electron chi connectivity index (χ4n) is 2.87. The lowest BCUT2D eigenvalue weighted by atomic mass is 10.2. The highest BCUT2D eigenvalue weighted by Gasteiger charge is 2.35. The lowest BCUT2D eigenvalue weighted by Gasteiger charge is -2.25. The Morgan fingerprint density at radius 3 is 2.83 bits per heavy atom. The van der Waals surface area contributed by atoms with Gasteiger partial charge in [0.25, 0.3) is 0 Å². The minimum absolute atomic E-state index is 0.207. The summed E-state index contributed by atoms with van der Waals surface area (Å²) in [5.74, 6) is 0. The second kappa shape index (κ2) is 5.73. The van der Waals surface area contributed by atoms with Crippen molar-refractivity contribution in [3.05, 3.63) is 33.6 Å². The van der Waals surface area contributed by atoms with Crippen molar-refractivity contribution in [3.63, 3.8) is 0 Å². The largest absolute Gasteiger partial charge is 0.330 e. The van der Waals surface area contributed by atoms with Crippen molar-refractivity contribution in [2.75, 3.05) is 6.54 Å². The Balaban J connectivity index is 2.31. The zero-order valence-corrected chi connectivity index (χ0v) is 15.5. The molecule has 2 aromatic rings. The van der Waals surface area contributed by atoms with E-state index in [0.717, 1.165) is 5.57 Å². The van der Waals surface area contributed by atoms with Crippen LogP contribution in [0, 0.1) is 4.77 Å². The van der Waals surface area contributed by atoms with E-state index in [1.807, 2.05) is 31.4 Å². The monoisotopic (exact) mass is 371 g/mol. The van der Waals surface area contributed by atoms with E-state index in [-0.39, 0.29) is 10.9 Å². The van der Waals surface area contributed by atoms with Crippen LogP contribution in [-0.2, 0) is 16.6 Å². The lowest BCUT2D eigenvalue weighted by molar-refractivity contribution is 0.336. The van der Waals surface area contributed by atoms with Crippen LogP contribution < -0.4 is 0 Å². The molecule has 3 rings (SSSR count). The predicted octanol–water partition coefficient (Wildman–Crippen LogP) is 3.71. The minimum atomic E-state index is -3.66. The van der Waals surface area contributed by atoms with Crippen molar-refractivity contribution in [3.8, 4) is 0 Å². The molecule has 2 heterocycles. The van der Waals surface area contributed by atoms with Crippen LogP contribution in [0.2, 0.25) is 5.02 Å². The van der Waals surface area contributed by atoms with Crippen molar-refractivity contribution < 1.29 is 8.42 Å². The zero-order chi connectivity index (χ0) is 16.9. The standard InChI is InChI=1S/C15H18ClN3O2S2/c1-9(2)4-5-19-10(3)8-18-14-12(17-15(18)22)6-11(16)7-13(14)23(19,20)21/h4,6-7,10H,5,8H2,1-3H3,(H,17,22). The van der Waals surface area contributed by atoms with Crippen molar-refractivity contribution in [2.24, 2.45) is 0 Å². The third-order valence-electron chi connectivity index (χ3n) is 4.00. The third-order valence-corrected chi connectivity index (χ3v) is 6.54. The molecule has 1 aliphatic rings. The van der Waals surface area contributed by atoms with Crippen LogP contribution in [0.15, 0.2) is 28.7 Å². The first-order valence-electron chi connectivity index (χ1n) is 7.29. The average molecular weight is 372 g/mol. The molecule has 1 atom stereocenters. The molecule has 0 bridgehead atoms. The summed E-state index contributed by atoms with van der Waals surface area (Å²) in [6, 6.07) is 3.00. The van der Waals surface area contributed by atoms with Gasteiger partial charge in [0.05, 0.1) is 11.0 Å². The molecule has 0 fully saturated rings. The van der Waals surface area contributed by atoms with Crippen molar-refractivity contribution in [1.82, 2.24) is 13.9 Å². The number of halogens is 1. The number of nitrogens with zero attached hydrogens (tertiary/aromatic N) is 2. The number of hydrogen-bond acceptors (Lipinski definition) is 3. The normalized spacial score (nSPS) is 20.4. The van der Waals surface area contributed by atoms with E-state index in [4.69, 9.17) is 23.8 Å². The molecule has 0 radical (unpaired) electrons. The summed E-state index contributed by atoms with van der Waals surface area (Å²) >= 11 is 11.5. The molecule has 5 nitrogen and oxygen atoms in total. The molecule has 23 heavy (non-hydrogen) atoms. The fraction of sp³-hybridized carbons (Fsp3) is 0.400. The summed E-state index contributed by atoms with van der Waals surface area (Å²) < 4.78 is 30.2. The summed E-state index contributed by atoms with van der Waals surface area (Å²) in [7, 11) is -3.66. The van der Waals surface area contributed by atoms with Gasteiger partial charge in [0.2, 0.25) is 10.0 Å². The van der Waals surface area contributed by atoms with Crippen molar-refractivity contribution in [1.29, 1.82) is 0 Å². The molecule has 8 heteroatoms. The number of allylic oxidation sites excluding steroid dienone is 1. The Labute approximate surface area is 145 Å². The first kappa shape index (κ1) is 16.7. The Kier molecular flexibility index (Phi) is 4.16. The number of sulfonamides is 1. The highest BCUT2D eigenvalue weighted by molar-refractivity contribution is 7.89. The molecule has 1 aromatic carbocycles. The number of hydrogen-bond donors (Lipinski definition) is 1. The summed E-state index contributed by atoms with van der Waals surface area (Å²) in [6.07, 6.45) is 1.91. The smallest absolute Gasteiger partial charge is 0.245 e. The topological polar surface area (TPSA) is 58.1 Å². The second-order valence-electron chi connectivity index (χ2n) is 6.05. The summed E-state index contributed by atoms with van der Waals surface area (Å²) in [5, 5.41) is 0.371. The maximum atomic E-state index is 13.2. The van der Waals surface area contributed by atoms with Gasteiger partial charge in [0.15, 0.2) is 4.77 Å². The van der Waals surface area contributed by atoms with Gasteiger partial charge in [-0.1, -0.05) is 23.3 Å². The Bertz CT molecular complexity index is 969. The zero-order valence-electron chi connectivity index (χ0n) is 13.1. The molecule has 1 aliphatic heterocycles. The Hall–Kier alpha value is -1.15. The number of H-pyrrole nitrogens is 1. The number of imidazole rings is 1. The van der Waals surface area contributed by atoms with Crippen LogP contribution in [-0.4, -0.2) is 34.9 Å². The second-order valence-corrected chi connectivity index (χ2v) is 8.73. The van der Waals surface area contributed by atoms with Gasteiger partial charge in [0.1, 0.15) is 4.90 Å². The van der Waals surface area contributed by atoms with Crippen molar-refractivity contribution >= 4 is 44.9 Å². The predicted molar refractivity (Wildman–Crippen MR) is 94.9 cm³/mol. The van der Waals surface area contributed by atoms with Gasteiger partial charge in [-0.05, 0) is 45.1 Å². The van der Waals surface area contributed by atoms with E-state index in [9.17, 15) is 8.42 Å². The maximum absolute atomic E-state index is 13.2. The van der Waals surface area contributed by atoms with Gasteiger partial charge in [-0.2, -0.15) is 4.31 Å². The van der Waals surface area contributed by atoms with E-state index >= 15 is 0 Å². The first-order valence-corrected chi connectivity index (χ1v) is 9.51. The lowest BCUT2D eigenvalue weighted by Crippen LogP contribution is -2.39. The van der Waals surface area contributed by atoms with E-state index in [2.05, 4.69) is 4.98 Å². The highest BCUT2D eigenvalue weighted by atomic mass is 35.5. The van der Waals surface area contributed by atoms with Crippen LogP contribution in [0.25, 0.3) is 11.0 Å². The molecule has 0 aliphatic carbocycles. The molecule has 0 spiro atoms. The molecule has 1 N–H and O–H groups in total. The van der Waals surface area contributed by atoms with Crippen LogP contribution in [0.1, 0.15) is 20.8 Å². The molecule has 1 unspecified atom stereocenters. The van der Waals surface area contributed by atoms with Crippen LogP contribution in [0.4, 0.5) is 0 Å². The molecule has 124 valence electrons. The van der Waals surface area contributed by atoms with E-state index in [1.165, 1.54) is 10.4 Å². The minimum Gasteiger partial charge on any atom is -0.330 e. The third kappa shape index (κ3) is 2.76. The maximum Gasteiger partial charge on any atom is 0.245 e. The van der Waals surface area contributed by atoms with Crippen LogP contribution in [0.5, 0.6) is 0 Å². The van der Waals surface area contributed by atoms with Gasteiger partial charge >= 0.3 is 0 Å². The average Bonchev–Trinajstić information content (AvgIpc) is 2.68. The molecule has 0 saturated heterocycles. The molecular formula is C15H18ClN3O2S2. The van der Waals surface area contributed by atoms with Gasteiger partial charge in [0, 0.05) is 24.2 Å². The summed E-state index contributed by atoms with van der Waals surface area (Å²) in [5.41, 5.74) is 2.33. The van der Waals surface area contributed by atoms with E-state index in [1.54, 1.807) is 6.07 Å². The quantitative estimate of drug-likeness (QED) is 0.646.